The van der Waals surface area contributed by atoms with Gasteiger partial charge in [-0.3, -0.25) is 0 Å². The lowest BCUT2D eigenvalue weighted by atomic mass is 9.84. The van der Waals surface area contributed by atoms with Gasteiger partial charge in [0.15, 0.2) is 0 Å². The largest absolute Gasteiger partial charge is 0.422 e. The standard InChI is InChI=1S/C23H22N4O/c1-4-16-7-9-17(10-8-16)21-19(13-24)22(25)28-23-20(21)15(3)26-27(23)18-11-5-14(2)6-12-18/h5-12,21H,4,25H2,1-3H3. The zero-order chi connectivity index (χ0) is 19.8. The Kier molecular flexibility index (Phi) is 4.40. The van der Waals surface area contributed by atoms with Gasteiger partial charge in [-0.2, -0.15) is 10.4 Å². The lowest BCUT2D eigenvalue weighted by Gasteiger charge is -2.25. The minimum absolute atomic E-state index is 0.132. The van der Waals surface area contributed by atoms with E-state index in [1.807, 2.05) is 38.1 Å². The minimum Gasteiger partial charge on any atom is -0.422 e. The van der Waals surface area contributed by atoms with Crippen LogP contribution in [-0.2, 0) is 6.42 Å². The molecule has 0 amide bonds. The fourth-order valence-corrected chi connectivity index (χ4v) is 3.65. The molecule has 0 saturated heterocycles. The van der Waals surface area contributed by atoms with Crippen LogP contribution in [0.3, 0.4) is 0 Å². The van der Waals surface area contributed by atoms with Crippen LogP contribution in [0.1, 0.15) is 40.8 Å². The summed E-state index contributed by atoms with van der Waals surface area (Å²) < 4.78 is 7.67. The predicted molar refractivity (Wildman–Crippen MR) is 108 cm³/mol. The molecule has 0 saturated carbocycles. The maximum Gasteiger partial charge on any atom is 0.229 e. The number of benzene rings is 2. The summed E-state index contributed by atoms with van der Waals surface area (Å²) in [6.45, 7) is 6.10. The second-order valence-corrected chi connectivity index (χ2v) is 7.07. The maximum absolute atomic E-state index is 9.77. The number of aryl methyl sites for hydroxylation is 3. The van der Waals surface area contributed by atoms with E-state index in [0.717, 1.165) is 28.9 Å². The SMILES string of the molecule is CCc1ccc(C2C(C#N)=C(N)Oc3c2c(C)nn3-c2ccc(C)cc2)cc1. The van der Waals surface area contributed by atoms with E-state index in [1.165, 1.54) is 11.1 Å². The Morgan fingerprint density at radius 3 is 2.39 bits per heavy atom. The molecule has 0 radical (unpaired) electrons. The number of nitrogens with two attached hydrogens (primary N) is 1. The van der Waals surface area contributed by atoms with E-state index in [0.29, 0.717) is 11.5 Å². The number of fused-ring (bicyclic) bond motifs is 1. The molecule has 140 valence electrons. The molecule has 4 rings (SSSR count). The molecule has 3 aromatic rings. The van der Waals surface area contributed by atoms with Gasteiger partial charge >= 0.3 is 0 Å². The quantitative estimate of drug-likeness (QED) is 0.747. The van der Waals surface area contributed by atoms with Gasteiger partial charge in [0.05, 0.1) is 22.9 Å². The monoisotopic (exact) mass is 370 g/mol. The first kappa shape index (κ1) is 17.9. The Labute approximate surface area is 164 Å². The number of ether oxygens (including phenoxy) is 1. The van der Waals surface area contributed by atoms with E-state index >= 15 is 0 Å². The molecule has 2 aromatic carbocycles. The van der Waals surface area contributed by atoms with Crippen molar-refractivity contribution in [2.45, 2.75) is 33.1 Å². The molecule has 1 atom stereocenters. The highest BCUT2D eigenvalue weighted by Crippen LogP contribution is 2.44. The van der Waals surface area contributed by atoms with Crippen LogP contribution in [0.4, 0.5) is 0 Å². The van der Waals surface area contributed by atoms with E-state index in [2.05, 4.69) is 37.3 Å². The zero-order valence-electron chi connectivity index (χ0n) is 16.2. The first-order valence-corrected chi connectivity index (χ1v) is 9.36. The fraction of sp³-hybridized carbons (Fsp3) is 0.217. The van der Waals surface area contributed by atoms with Crippen LogP contribution in [0.2, 0.25) is 0 Å². The van der Waals surface area contributed by atoms with Crippen LogP contribution in [-0.4, -0.2) is 9.78 Å². The van der Waals surface area contributed by atoms with Crippen LogP contribution in [0.5, 0.6) is 5.88 Å². The number of allylic oxidation sites excluding steroid dienone is 1. The molecule has 2 N–H and O–H groups in total. The van der Waals surface area contributed by atoms with Gasteiger partial charge in [-0.25, -0.2) is 4.68 Å². The summed E-state index contributed by atoms with van der Waals surface area (Å²) in [4.78, 5) is 0. The number of rotatable bonds is 3. The average Bonchev–Trinajstić information content (AvgIpc) is 3.03. The van der Waals surface area contributed by atoms with E-state index in [4.69, 9.17) is 15.6 Å². The highest BCUT2D eigenvalue weighted by molar-refractivity contribution is 5.57. The van der Waals surface area contributed by atoms with Crippen molar-refractivity contribution in [2.24, 2.45) is 5.73 Å². The Morgan fingerprint density at radius 1 is 1.11 bits per heavy atom. The average molecular weight is 370 g/mol. The molecule has 0 fully saturated rings. The first-order chi connectivity index (χ1) is 13.5. The van der Waals surface area contributed by atoms with E-state index in [-0.39, 0.29) is 11.8 Å². The van der Waals surface area contributed by atoms with Gasteiger partial charge in [-0.05, 0) is 43.5 Å². The summed E-state index contributed by atoms with van der Waals surface area (Å²) in [5.74, 6) is 0.411. The zero-order valence-corrected chi connectivity index (χ0v) is 16.2. The molecule has 1 aliphatic heterocycles. The molecule has 2 heterocycles. The normalized spacial score (nSPS) is 15.7. The third kappa shape index (κ3) is 2.84. The van der Waals surface area contributed by atoms with Crippen molar-refractivity contribution >= 4 is 0 Å². The molecule has 28 heavy (non-hydrogen) atoms. The van der Waals surface area contributed by atoms with Gasteiger partial charge in [0.2, 0.25) is 11.8 Å². The molecular formula is C23H22N4O. The predicted octanol–water partition coefficient (Wildman–Crippen LogP) is 4.27. The highest BCUT2D eigenvalue weighted by atomic mass is 16.5. The second kappa shape index (κ2) is 6.90. The van der Waals surface area contributed by atoms with Crippen molar-refractivity contribution in [3.05, 3.63) is 87.9 Å². The van der Waals surface area contributed by atoms with Crippen molar-refractivity contribution in [1.82, 2.24) is 9.78 Å². The van der Waals surface area contributed by atoms with Crippen molar-refractivity contribution in [3.63, 3.8) is 0 Å². The summed E-state index contributed by atoms with van der Waals surface area (Å²) in [7, 11) is 0. The Morgan fingerprint density at radius 2 is 1.79 bits per heavy atom. The highest BCUT2D eigenvalue weighted by Gasteiger charge is 2.36. The number of nitrogens with zero attached hydrogens (tertiary/aromatic N) is 3. The first-order valence-electron chi connectivity index (χ1n) is 9.36. The van der Waals surface area contributed by atoms with Crippen molar-refractivity contribution in [2.75, 3.05) is 0 Å². The Balaban J connectivity index is 1.91. The number of nitriles is 1. The van der Waals surface area contributed by atoms with Crippen LogP contribution >= 0.6 is 0 Å². The second-order valence-electron chi connectivity index (χ2n) is 7.07. The van der Waals surface area contributed by atoms with Crippen LogP contribution in [0, 0.1) is 25.2 Å². The van der Waals surface area contributed by atoms with Gasteiger partial charge in [-0.15, -0.1) is 0 Å². The van der Waals surface area contributed by atoms with E-state index < -0.39 is 0 Å². The third-order valence-electron chi connectivity index (χ3n) is 5.23. The van der Waals surface area contributed by atoms with E-state index in [1.54, 1.807) is 4.68 Å². The van der Waals surface area contributed by atoms with Gasteiger partial charge in [0, 0.05) is 0 Å². The van der Waals surface area contributed by atoms with Gasteiger partial charge in [0.1, 0.15) is 11.6 Å². The third-order valence-corrected chi connectivity index (χ3v) is 5.23. The minimum atomic E-state index is -0.293. The summed E-state index contributed by atoms with van der Waals surface area (Å²) >= 11 is 0. The van der Waals surface area contributed by atoms with Gasteiger partial charge in [0.25, 0.3) is 0 Å². The van der Waals surface area contributed by atoms with Crippen molar-refractivity contribution < 1.29 is 4.74 Å². The number of hydrogen-bond donors (Lipinski definition) is 1. The van der Waals surface area contributed by atoms with Crippen molar-refractivity contribution in [1.29, 1.82) is 5.26 Å². The van der Waals surface area contributed by atoms with Crippen LogP contribution in [0.25, 0.3) is 5.69 Å². The van der Waals surface area contributed by atoms with Crippen LogP contribution < -0.4 is 10.5 Å². The topological polar surface area (TPSA) is 76.9 Å². The summed E-state index contributed by atoms with van der Waals surface area (Å²) in [6.07, 6.45) is 0.965. The maximum atomic E-state index is 9.77. The van der Waals surface area contributed by atoms with Crippen molar-refractivity contribution in [3.8, 4) is 17.6 Å². The molecule has 5 heteroatoms. The Hall–Kier alpha value is -3.52. The number of aromatic nitrogens is 2. The molecule has 5 nitrogen and oxygen atoms in total. The molecule has 0 aliphatic carbocycles. The molecule has 1 unspecified atom stereocenters. The molecule has 0 spiro atoms. The van der Waals surface area contributed by atoms with Gasteiger partial charge in [-0.1, -0.05) is 48.9 Å². The summed E-state index contributed by atoms with van der Waals surface area (Å²) in [5.41, 5.74) is 12.6. The fourth-order valence-electron chi connectivity index (χ4n) is 3.65. The van der Waals surface area contributed by atoms with Gasteiger partial charge < -0.3 is 10.5 Å². The molecule has 0 bridgehead atoms. The van der Waals surface area contributed by atoms with E-state index in [9.17, 15) is 5.26 Å². The number of hydrogen-bond acceptors (Lipinski definition) is 4. The molecule has 1 aromatic heterocycles. The lowest BCUT2D eigenvalue weighted by molar-refractivity contribution is 0.367. The Bertz CT molecular complexity index is 1100. The lowest BCUT2D eigenvalue weighted by Crippen LogP contribution is -2.22. The molecular weight excluding hydrogens is 348 g/mol. The summed E-state index contributed by atoms with van der Waals surface area (Å²) in [6, 6.07) is 18.6. The van der Waals surface area contributed by atoms with Crippen LogP contribution in [0.15, 0.2) is 60.0 Å². The smallest absolute Gasteiger partial charge is 0.229 e. The molecule has 1 aliphatic rings. The summed E-state index contributed by atoms with van der Waals surface area (Å²) in [5, 5.41) is 14.5.